The summed E-state index contributed by atoms with van der Waals surface area (Å²) in [5, 5.41) is 3.16. The molecule has 0 saturated carbocycles. The maximum atomic E-state index is 13.4. The van der Waals surface area contributed by atoms with Crippen molar-refractivity contribution in [1.29, 1.82) is 0 Å². The van der Waals surface area contributed by atoms with Crippen molar-refractivity contribution < 1.29 is 13.5 Å². The van der Waals surface area contributed by atoms with Crippen molar-refractivity contribution >= 4 is 0 Å². The van der Waals surface area contributed by atoms with E-state index in [1.165, 1.54) is 12.1 Å². The van der Waals surface area contributed by atoms with Gasteiger partial charge in [-0.25, -0.2) is 8.78 Å². The summed E-state index contributed by atoms with van der Waals surface area (Å²) in [6, 6.07) is 3.44. The van der Waals surface area contributed by atoms with Gasteiger partial charge >= 0.3 is 0 Å². The Labute approximate surface area is 87.2 Å². The zero-order chi connectivity index (χ0) is 10.8. The van der Waals surface area contributed by atoms with E-state index in [9.17, 15) is 8.78 Å². The summed E-state index contributed by atoms with van der Waals surface area (Å²) in [4.78, 5) is 0. The molecule has 1 heterocycles. The predicted molar refractivity (Wildman–Crippen MR) is 52.5 cm³/mol. The fourth-order valence-corrected chi connectivity index (χ4v) is 1.67. The second-order valence-electron chi connectivity index (χ2n) is 3.77. The fraction of sp³-hybridized carbons (Fsp3) is 0.455. The summed E-state index contributed by atoms with van der Waals surface area (Å²) in [5.41, 5.74) is 0.461. The molecule has 2 rings (SSSR count). The summed E-state index contributed by atoms with van der Waals surface area (Å²) in [6.07, 6.45) is 0.143. The van der Waals surface area contributed by atoms with Gasteiger partial charge < -0.3 is 10.1 Å². The van der Waals surface area contributed by atoms with Gasteiger partial charge in [0, 0.05) is 18.2 Å². The highest BCUT2D eigenvalue weighted by Crippen LogP contribution is 2.21. The highest BCUT2D eigenvalue weighted by Gasteiger charge is 2.21. The molecule has 0 amide bonds. The molecule has 0 aromatic heterocycles. The summed E-state index contributed by atoms with van der Waals surface area (Å²) in [6.45, 7) is 3.05. The van der Waals surface area contributed by atoms with Crippen LogP contribution < -0.4 is 5.32 Å². The summed E-state index contributed by atoms with van der Waals surface area (Å²) in [5.74, 6) is -1.08. The van der Waals surface area contributed by atoms with Crippen LogP contribution in [-0.4, -0.2) is 19.3 Å². The number of benzene rings is 1. The quantitative estimate of drug-likeness (QED) is 0.770. The average Bonchev–Trinajstić information content (AvgIpc) is 2.20. The standard InChI is InChI=1S/C11H13F2NO/c1-7-5-14-11(6-15-7)9-3-2-8(12)4-10(9)13/h2-4,7,11,14H,5-6H2,1H3. The molecule has 0 radical (unpaired) electrons. The van der Waals surface area contributed by atoms with Crippen LogP contribution in [0, 0.1) is 11.6 Å². The molecule has 2 atom stereocenters. The van der Waals surface area contributed by atoms with Gasteiger partial charge in [-0.05, 0) is 13.0 Å². The first-order valence-electron chi connectivity index (χ1n) is 4.97. The lowest BCUT2D eigenvalue weighted by atomic mass is 10.1. The van der Waals surface area contributed by atoms with Crippen LogP contribution in [0.1, 0.15) is 18.5 Å². The van der Waals surface area contributed by atoms with Crippen LogP contribution in [0.15, 0.2) is 18.2 Å². The number of hydrogen-bond acceptors (Lipinski definition) is 2. The minimum Gasteiger partial charge on any atom is -0.375 e. The van der Waals surface area contributed by atoms with Gasteiger partial charge in [0.05, 0.1) is 18.8 Å². The normalized spacial score (nSPS) is 26.6. The summed E-state index contributed by atoms with van der Waals surface area (Å²) in [7, 11) is 0. The van der Waals surface area contributed by atoms with Gasteiger partial charge in [-0.1, -0.05) is 6.07 Å². The van der Waals surface area contributed by atoms with Crippen molar-refractivity contribution in [2.75, 3.05) is 13.2 Å². The van der Waals surface area contributed by atoms with E-state index in [0.717, 1.165) is 6.07 Å². The topological polar surface area (TPSA) is 21.3 Å². The first-order chi connectivity index (χ1) is 7.16. The van der Waals surface area contributed by atoms with E-state index in [0.29, 0.717) is 18.7 Å². The molecule has 1 aromatic rings. The molecule has 1 fully saturated rings. The lowest BCUT2D eigenvalue weighted by Crippen LogP contribution is -2.40. The van der Waals surface area contributed by atoms with Gasteiger partial charge in [0.2, 0.25) is 0 Å². The van der Waals surface area contributed by atoms with E-state index >= 15 is 0 Å². The molecular formula is C11H13F2NO. The molecule has 1 N–H and O–H groups in total. The van der Waals surface area contributed by atoms with Crippen LogP contribution in [-0.2, 0) is 4.74 Å². The SMILES string of the molecule is CC1CNC(c2ccc(F)cc2F)CO1. The molecule has 0 aliphatic carbocycles. The Morgan fingerprint density at radius 3 is 2.80 bits per heavy atom. The second-order valence-corrected chi connectivity index (χ2v) is 3.77. The Bertz CT molecular complexity index is 348. The van der Waals surface area contributed by atoms with Crippen molar-refractivity contribution in [3.05, 3.63) is 35.4 Å². The monoisotopic (exact) mass is 213 g/mol. The Balaban J connectivity index is 2.15. The van der Waals surface area contributed by atoms with E-state index in [-0.39, 0.29) is 12.1 Å². The van der Waals surface area contributed by atoms with Gasteiger partial charge in [-0.15, -0.1) is 0 Å². The molecule has 1 aromatic carbocycles. The third-order valence-corrected chi connectivity index (χ3v) is 2.54. The Hall–Kier alpha value is -1.00. The number of hydrogen-bond donors (Lipinski definition) is 1. The molecule has 82 valence electrons. The molecule has 2 unspecified atom stereocenters. The first-order valence-corrected chi connectivity index (χ1v) is 4.97. The highest BCUT2D eigenvalue weighted by atomic mass is 19.1. The highest BCUT2D eigenvalue weighted by molar-refractivity contribution is 5.22. The van der Waals surface area contributed by atoms with Crippen LogP contribution in [0.4, 0.5) is 8.78 Å². The van der Waals surface area contributed by atoms with Crippen molar-refractivity contribution in [1.82, 2.24) is 5.32 Å². The fourth-order valence-electron chi connectivity index (χ4n) is 1.67. The van der Waals surface area contributed by atoms with Gasteiger partial charge in [0.1, 0.15) is 11.6 Å². The third kappa shape index (κ3) is 2.33. The Kier molecular flexibility index (Phi) is 2.98. The van der Waals surface area contributed by atoms with E-state index < -0.39 is 11.6 Å². The van der Waals surface area contributed by atoms with Crippen LogP contribution in [0.3, 0.4) is 0 Å². The number of nitrogens with one attached hydrogen (secondary N) is 1. The number of rotatable bonds is 1. The van der Waals surface area contributed by atoms with Gasteiger partial charge in [-0.3, -0.25) is 0 Å². The predicted octanol–water partition coefficient (Wildman–Crippen LogP) is 2.01. The molecule has 1 aliphatic rings. The van der Waals surface area contributed by atoms with Gasteiger partial charge in [-0.2, -0.15) is 0 Å². The molecule has 15 heavy (non-hydrogen) atoms. The van der Waals surface area contributed by atoms with Crippen molar-refractivity contribution in [2.24, 2.45) is 0 Å². The smallest absolute Gasteiger partial charge is 0.130 e. The van der Waals surface area contributed by atoms with Gasteiger partial charge in [0.15, 0.2) is 0 Å². The zero-order valence-electron chi connectivity index (χ0n) is 8.47. The number of morpholine rings is 1. The maximum Gasteiger partial charge on any atom is 0.130 e. The van der Waals surface area contributed by atoms with E-state index in [2.05, 4.69) is 5.32 Å². The molecule has 0 spiro atoms. The first kappa shape index (κ1) is 10.5. The maximum absolute atomic E-state index is 13.4. The van der Waals surface area contributed by atoms with Crippen molar-refractivity contribution in [2.45, 2.75) is 19.1 Å². The lowest BCUT2D eigenvalue weighted by molar-refractivity contribution is 0.0141. The minimum absolute atomic E-state index is 0.143. The van der Waals surface area contributed by atoms with E-state index in [1.807, 2.05) is 6.92 Å². The third-order valence-electron chi connectivity index (χ3n) is 2.54. The van der Waals surface area contributed by atoms with E-state index in [4.69, 9.17) is 4.74 Å². The second kappa shape index (κ2) is 4.24. The van der Waals surface area contributed by atoms with Crippen LogP contribution in [0.25, 0.3) is 0 Å². The molecular weight excluding hydrogens is 200 g/mol. The average molecular weight is 213 g/mol. The summed E-state index contributed by atoms with van der Waals surface area (Å²) < 4.78 is 31.5. The van der Waals surface area contributed by atoms with Crippen LogP contribution in [0.5, 0.6) is 0 Å². The molecule has 2 nitrogen and oxygen atoms in total. The number of ether oxygens (including phenoxy) is 1. The molecule has 4 heteroatoms. The number of halogens is 2. The van der Waals surface area contributed by atoms with Crippen molar-refractivity contribution in [3.63, 3.8) is 0 Å². The largest absolute Gasteiger partial charge is 0.375 e. The molecule has 1 saturated heterocycles. The van der Waals surface area contributed by atoms with E-state index in [1.54, 1.807) is 0 Å². The molecule has 0 bridgehead atoms. The Morgan fingerprint density at radius 1 is 1.40 bits per heavy atom. The lowest BCUT2D eigenvalue weighted by Gasteiger charge is -2.28. The van der Waals surface area contributed by atoms with Crippen LogP contribution >= 0.6 is 0 Å². The van der Waals surface area contributed by atoms with Crippen LogP contribution in [0.2, 0.25) is 0 Å². The minimum atomic E-state index is -0.554. The van der Waals surface area contributed by atoms with Crippen molar-refractivity contribution in [3.8, 4) is 0 Å². The Morgan fingerprint density at radius 2 is 2.20 bits per heavy atom. The summed E-state index contributed by atoms with van der Waals surface area (Å²) >= 11 is 0. The van der Waals surface area contributed by atoms with Gasteiger partial charge in [0.25, 0.3) is 0 Å². The molecule has 1 aliphatic heterocycles. The zero-order valence-corrected chi connectivity index (χ0v) is 8.47.